The third-order valence-corrected chi connectivity index (χ3v) is 4.85. The average Bonchev–Trinajstić information content (AvgIpc) is 2.84. The fourth-order valence-corrected chi connectivity index (χ4v) is 3.07. The lowest BCUT2D eigenvalue weighted by Crippen LogP contribution is -2.17. The summed E-state index contributed by atoms with van der Waals surface area (Å²) in [5.74, 6) is 1.82. The zero-order chi connectivity index (χ0) is 23.6. The van der Waals surface area contributed by atoms with E-state index in [2.05, 4.69) is 10.5 Å². The summed E-state index contributed by atoms with van der Waals surface area (Å²) >= 11 is 5.92. The second-order valence-corrected chi connectivity index (χ2v) is 7.26. The van der Waals surface area contributed by atoms with Crippen LogP contribution in [-0.4, -0.2) is 32.9 Å². The van der Waals surface area contributed by atoms with Gasteiger partial charge in [-0.3, -0.25) is 4.79 Å². The number of methoxy groups -OCH3 is 2. The number of hydrogen-bond donors (Lipinski definition) is 1. The van der Waals surface area contributed by atoms with Crippen molar-refractivity contribution >= 4 is 23.7 Å². The highest BCUT2D eigenvalue weighted by Gasteiger charge is 2.10. The molecule has 3 aromatic carbocycles. The lowest BCUT2D eigenvalue weighted by molar-refractivity contribution is 0.0954. The molecule has 0 unspecified atom stereocenters. The van der Waals surface area contributed by atoms with E-state index in [9.17, 15) is 4.79 Å². The monoisotopic (exact) mass is 468 g/mol. The van der Waals surface area contributed by atoms with Crippen LogP contribution in [0.2, 0.25) is 5.02 Å². The lowest BCUT2D eigenvalue weighted by atomic mass is 10.2. The van der Waals surface area contributed by atoms with Crippen molar-refractivity contribution in [3.8, 4) is 23.0 Å². The molecule has 3 aromatic rings. The van der Waals surface area contributed by atoms with Crippen molar-refractivity contribution in [3.63, 3.8) is 0 Å². The van der Waals surface area contributed by atoms with Crippen molar-refractivity contribution < 1.29 is 23.7 Å². The summed E-state index contributed by atoms with van der Waals surface area (Å²) in [5, 5.41) is 4.72. The van der Waals surface area contributed by atoms with Gasteiger partial charge >= 0.3 is 0 Å². The molecule has 7 nitrogen and oxygen atoms in total. The molecule has 0 bridgehead atoms. The quantitative estimate of drug-likeness (QED) is 0.331. The minimum atomic E-state index is -0.375. The van der Waals surface area contributed by atoms with Gasteiger partial charge in [0.2, 0.25) is 0 Å². The van der Waals surface area contributed by atoms with Gasteiger partial charge in [-0.2, -0.15) is 5.10 Å². The molecule has 0 aliphatic heterocycles. The summed E-state index contributed by atoms with van der Waals surface area (Å²) in [6.07, 6.45) is 1.53. The topological polar surface area (TPSA) is 78.4 Å². The molecule has 33 heavy (non-hydrogen) atoms. The van der Waals surface area contributed by atoms with E-state index in [4.69, 9.17) is 30.5 Å². The van der Waals surface area contributed by atoms with Gasteiger partial charge < -0.3 is 18.9 Å². The largest absolute Gasteiger partial charge is 0.493 e. The fourth-order valence-electron chi connectivity index (χ4n) is 2.94. The van der Waals surface area contributed by atoms with Gasteiger partial charge in [0.25, 0.3) is 5.91 Å². The van der Waals surface area contributed by atoms with E-state index in [1.54, 1.807) is 30.3 Å². The summed E-state index contributed by atoms with van der Waals surface area (Å²) in [7, 11) is 3.04. The fraction of sp³-hybridized carbons (Fsp3) is 0.200. The minimum absolute atomic E-state index is 0.375. The minimum Gasteiger partial charge on any atom is -0.493 e. The Hall–Kier alpha value is -3.71. The van der Waals surface area contributed by atoms with E-state index >= 15 is 0 Å². The van der Waals surface area contributed by atoms with E-state index < -0.39 is 0 Å². The Morgan fingerprint density at radius 3 is 2.33 bits per heavy atom. The van der Waals surface area contributed by atoms with Crippen molar-refractivity contribution in [3.05, 3.63) is 82.4 Å². The third kappa shape index (κ3) is 6.63. The van der Waals surface area contributed by atoms with Crippen LogP contribution < -0.4 is 24.4 Å². The van der Waals surface area contributed by atoms with Crippen LogP contribution in [0.15, 0.2) is 65.8 Å². The molecule has 172 valence electrons. The predicted octanol–water partition coefficient (Wildman–Crippen LogP) is 5.10. The van der Waals surface area contributed by atoms with Crippen molar-refractivity contribution in [1.82, 2.24) is 5.43 Å². The number of nitrogens with zero attached hydrogens (tertiary/aromatic N) is 1. The Morgan fingerprint density at radius 1 is 0.909 bits per heavy atom. The Labute approximate surface area is 197 Å². The summed E-state index contributed by atoms with van der Waals surface area (Å²) in [4.78, 5) is 12.4. The van der Waals surface area contributed by atoms with Crippen LogP contribution in [0.3, 0.4) is 0 Å². The molecule has 0 aliphatic carbocycles. The first-order valence-corrected chi connectivity index (χ1v) is 10.6. The number of carbonyl (C=O) groups excluding carboxylic acids is 1. The van der Waals surface area contributed by atoms with Crippen molar-refractivity contribution in [2.45, 2.75) is 13.5 Å². The number of hydrazone groups is 1. The van der Waals surface area contributed by atoms with E-state index in [0.717, 1.165) is 11.1 Å². The average molecular weight is 469 g/mol. The van der Waals surface area contributed by atoms with Crippen LogP contribution in [0.1, 0.15) is 28.4 Å². The van der Waals surface area contributed by atoms with Gasteiger partial charge in [0.1, 0.15) is 6.61 Å². The highest BCUT2D eigenvalue weighted by atomic mass is 35.5. The van der Waals surface area contributed by atoms with Gasteiger partial charge in [-0.1, -0.05) is 23.7 Å². The van der Waals surface area contributed by atoms with Crippen molar-refractivity contribution in [1.29, 1.82) is 0 Å². The molecule has 3 rings (SSSR count). The first kappa shape index (κ1) is 23.9. The number of amides is 1. The molecule has 1 N–H and O–H groups in total. The molecule has 0 atom stereocenters. The van der Waals surface area contributed by atoms with Gasteiger partial charge in [-0.15, -0.1) is 0 Å². The molecule has 0 saturated heterocycles. The van der Waals surface area contributed by atoms with Crippen molar-refractivity contribution in [2.75, 3.05) is 20.8 Å². The van der Waals surface area contributed by atoms with E-state index in [1.807, 2.05) is 37.3 Å². The zero-order valence-corrected chi connectivity index (χ0v) is 19.4. The maximum atomic E-state index is 12.4. The van der Waals surface area contributed by atoms with Crippen LogP contribution in [0.4, 0.5) is 0 Å². The van der Waals surface area contributed by atoms with Crippen LogP contribution in [0.5, 0.6) is 23.0 Å². The summed E-state index contributed by atoms with van der Waals surface area (Å²) in [5.41, 5.74) is 4.63. The maximum Gasteiger partial charge on any atom is 0.271 e. The van der Waals surface area contributed by atoms with Crippen molar-refractivity contribution in [2.24, 2.45) is 5.10 Å². The zero-order valence-electron chi connectivity index (χ0n) is 18.6. The number of benzene rings is 3. The van der Waals surface area contributed by atoms with Gasteiger partial charge in [-0.05, 0) is 66.6 Å². The SMILES string of the molecule is CCOc1cc(/C=N/NC(=O)c2ccc(OC)c(OC)c2)ccc1OCc1ccc(Cl)cc1. The first-order valence-electron chi connectivity index (χ1n) is 10.2. The Balaban J connectivity index is 1.65. The molecule has 0 aliphatic rings. The predicted molar refractivity (Wildman–Crippen MR) is 128 cm³/mol. The molecule has 0 heterocycles. The molecule has 0 spiro atoms. The first-order chi connectivity index (χ1) is 16.0. The molecular formula is C25H25ClN2O5. The molecule has 0 aromatic heterocycles. The third-order valence-electron chi connectivity index (χ3n) is 4.60. The van der Waals surface area contributed by atoms with E-state index in [-0.39, 0.29) is 5.91 Å². The second kappa shape index (κ2) is 11.8. The van der Waals surface area contributed by atoms with Crippen LogP contribution in [0.25, 0.3) is 0 Å². The maximum absolute atomic E-state index is 12.4. The second-order valence-electron chi connectivity index (χ2n) is 6.82. The Bertz CT molecular complexity index is 1120. The smallest absolute Gasteiger partial charge is 0.271 e. The molecule has 8 heteroatoms. The number of ether oxygens (including phenoxy) is 4. The van der Waals surface area contributed by atoms with E-state index in [0.29, 0.717) is 46.8 Å². The van der Waals surface area contributed by atoms with Gasteiger partial charge in [-0.25, -0.2) is 5.43 Å². The lowest BCUT2D eigenvalue weighted by Gasteiger charge is -2.12. The summed E-state index contributed by atoms with van der Waals surface area (Å²) < 4.78 is 22.0. The summed E-state index contributed by atoms with van der Waals surface area (Å²) in [6.45, 7) is 2.76. The normalized spacial score (nSPS) is 10.7. The molecular weight excluding hydrogens is 444 g/mol. The van der Waals surface area contributed by atoms with Gasteiger partial charge in [0, 0.05) is 10.6 Å². The van der Waals surface area contributed by atoms with Crippen LogP contribution in [-0.2, 0) is 6.61 Å². The number of rotatable bonds is 10. The standard InChI is InChI=1S/C25H25ClN2O5/c1-4-32-24-13-18(7-11-22(24)33-16-17-5-9-20(26)10-6-17)15-27-28-25(29)19-8-12-21(30-2)23(14-19)31-3/h5-15H,4,16H2,1-3H3,(H,28,29)/b27-15+. The molecule has 0 fully saturated rings. The molecule has 0 radical (unpaired) electrons. The molecule has 1 amide bonds. The molecule has 0 saturated carbocycles. The highest BCUT2D eigenvalue weighted by Crippen LogP contribution is 2.29. The highest BCUT2D eigenvalue weighted by molar-refractivity contribution is 6.30. The Morgan fingerprint density at radius 2 is 1.64 bits per heavy atom. The van der Waals surface area contributed by atoms with Gasteiger partial charge in [0.05, 0.1) is 27.0 Å². The Kier molecular flexibility index (Phi) is 8.55. The van der Waals surface area contributed by atoms with Gasteiger partial charge in [0.15, 0.2) is 23.0 Å². The number of nitrogens with one attached hydrogen (secondary N) is 1. The number of hydrogen-bond acceptors (Lipinski definition) is 6. The van der Waals surface area contributed by atoms with E-state index in [1.165, 1.54) is 20.4 Å². The summed E-state index contributed by atoms with van der Waals surface area (Å²) in [6, 6.07) is 17.8. The van der Waals surface area contributed by atoms with Crippen LogP contribution >= 0.6 is 11.6 Å². The number of halogens is 1. The van der Waals surface area contributed by atoms with Crippen LogP contribution in [0, 0.1) is 0 Å². The number of carbonyl (C=O) groups is 1.